The van der Waals surface area contributed by atoms with Crippen molar-refractivity contribution in [3.05, 3.63) is 131 Å². The van der Waals surface area contributed by atoms with Gasteiger partial charge in [0.05, 0.1) is 0 Å². The molecular formula is C28H26KO5P. The second kappa shape index (κ2) is 15.1. The third-order valence-corrected chi connectivity index (χ3v) is 4.57. The normalized spacial score (nSPS) is 10.9. The molecular weight excluding hydrogens is 486 g/mol. The summed E-state index contributed by atoms with van der Waals surface area (Å²) >= 11 is 0. The van der Waals surface area contributed by atoms with Crippen molar-refractivity contribution >= 4 is 83.5 Å². The molecule has 3 N–H and O–H groups in total. The van der Waals surface area contributed by atoms with Crippen molar-refractivity contribution in [2.75, 3.05) is 0 Å². The summed E-state index contributed by atoms with van der Waals surface area (Å²) in [6, 6.07) is 36.7. The summed E-state index contributed by atoms with van der Waals surface area (Å²) in [5, 5.41) is 0. The Kier molecular flexibility index (Phi) is 12.6. The topological polar surface area (TPSA) is 87.0 Å². The van der Waals surface area contributed by atoms with Crippen LogP contribution in [0.2, 0.25) is 0 Å². The van der Waals surface area contributed by atoms with Gasteiger partial charge in [0.15, 0.2) is 0 Å². The summed E-state index contributed by atoms with van der Waals surface area (Å²) in [4.78, 5) is 21.6. The van der Waals surface area contributed by atoms with Crippen LogP contribution >= 0.6 is 7.82 Å². The molecule has 4 aromatic carbocycles. The average molecular weight is 513 g/mol. The SMILES string of the molecule is C(=Cc1ccccc1Oc1ccccc1C=Cc1ccccc1)c1ccccc1.O=P(O)(O)O.[KH]. The van der Waals surface area contributed by atoms with Gasteiger partial charge < -0.3 is 19.4 Å². The standard InChI is InChI=1S/C28H22O.K.H3O4P.H/c1-3-11-23(12-4-1)19-21-25-15-7-9-17-27(25)29-28-18-10-8-16-26(28)22-20-24-13-5-2-6-14-24;;1-5(2,3)4;/h1-22H;;(H3,1,2,3,4);. The second-order valence-electron chi connectivity index (χ2n) is 7.18. The van der Waals surface area contributed by atoms with E-state index in [1.165, 1.54) is 0 Å². The van der Waals surface area contributed by atoms with E-state index in [0.29, 0.717) is 0 Å². The molecule has 4 rings (SSSR count). The second-order valence-corrected chi connectivity index (χ2v) is 8.21. The van der Waals surface area contributed by atoms with Gasteiger partial charge in [0, 0.05) is 11.1 Å². The molecule has 7 heteroatoms. The molecule has 0 spiro atoms. The van der Waals surface area contributed by atoms with Crippen molar-refractivity contribution in [3.63, 3.8) is 0 Å². The fourth-order valence-electron chi connectivity index (χ4n) is 3.04. The van der Waals surface area contributed by atoms with Crippen LogP contribution in [0.3, 0.4) is 0 Å². The van der Waals surface area contributed by atoms with E-state index < -0.39 is 7.82 Å². The Morgan fingerprint density at radius 2 is 0.829 bits per heavy atom. The fraction of sp³-hybridized carbons (Fsp3) is 0. The van der Waals surface area contributed by atoms with Crippen molar-refractivity contribution in [1.82, 2.24) is 0 Å². The van der Waals surface area contributed by atoms with Crippen molar-refractivity contribution in [2.45, 2.75) is 0 Å². The third-order valence-electron chi connectivity index (χ3n) is 4.57. The molecule has 4 aromatic rings. The van der Waals surface area contributed by atoms with Gasteiger partial charge in [-0.1, -0.05) is 121 Å². The monoisotopic (exact) mass is 512 g/mol. The Labute approximate surface area is 248 Å². The van der Waals surface area contributed by atoms with Gasteiger partial charge in [-0.05, 0) is 23.3 Å². The van der Waals surface area contributed by atoms with Crippen LogP contribution in [0, 0.1) is 0 Å². The summed E-state index contributed by atoms with van der Waals surface area (Å²) in [6.45, 7) is 0. The molecule has 0 amide bonds. The molecule has 0 fully saturated rings. The first-order valence-corrected chi connectivity index (χ1v) is 12.1. The van der Waals surface area contributed by atoms with Gasteiger partial charge >= 0.3 is 59.2 Å². The Morgan fingerprint density at radius 3 is 1.20 bits per heavy atom. The third kappa shape index (κ3) is 11.5. The number of para-hydroxylation sites is 2. The predicted octanol–water partition coefficient (Wildman–Crippen LogP) is 6.24. The predicted molar refractivity (Wildman–Crippen MR) is 145 cm³/mol. The van der Waals surface area contributed by atoms with Crippen LogP contribution in [0.25, 0.3) is 24.3 Å². The van der Waals surface area contributed by atoms with Crippen LogP contribution in [0.1, 0.15) is 22.3 Å². The summed E-state index contributed by atoms with van der Waals surface area (Å²) in [7, 11) is -4.64. The van der Waals surface area contributed by atoms with E-state index in [1.54, 1.807) is 0 Å². The molecule has 0 saturated carbocycles. The first kappa shape index (κ1) is 29.1. The van der Waals surface area contributed by atoms with Crippen LogP contribution in [0.4, 0.5) is 0 Å². The van der Waals surface area contributed by atoms with E-state index in [2.05, 4.69) is 60.7 Å². The van der Waals surface area contributed by atoms with Crippen LogP contribution in [-0.2, 0) is 4.57 Å². The fourth-order valence-corrected chi connectivity index (χ4v) is 3.04. The zero-order valence-electron chi connectivity index (χ0n) is 18.3. The van der Waals surface area contributed by atoms with Gasteiger partial charge in [0.1, 0.15) is 11.5 Å². The zero-order chi connectivity index (χ0) is 24.2. The van der Waals surface area contributed by atoms with E-state index in [9.17, 15) is 0 Å². The van der Waals surface area contributed by atoms with Crippen LogP contribution in [0.5, 0.6) is 11.5 Å². The van der Waals surface area contributed by atoms with Gasteiger partial charge in [0.25, 0.3) is 0 Å². The van der Waals surface area contributed by atoms with Crippen molar-refractivity contribution < 1.29 is 24.0 Å². The van der Waals surface area contributed by atoms with Crippen LogP contribution in [-0.4, -0.2) is 66.1 Å². The molecule has 0 aliphatic carbocycles. The molecule has 0 saturated heterocycles. The molecule has 0 aliphatic rings. The Morgan fingerprint density at radius 1 is 0.514 bits per heavy atom. The molecule has 0 unspecified atom stereocenters. The molecule has 0 radical (unpaired) electrons. The quantitative estimate of drug-likeness (QED) is 0.162. The minimum absolute atomic E-state index is 0. The number of hydrogen-bond acceptors (Lipinski definition) is 2. The van der Waals surface area contributed by atoms with E-state index >= 15 is 0 Å². The molecule has 0 heterocycles. The van der Waals surface area contributed by atoms with E-state index in [0.717, 1.165) is 33.8 Å². The molecule has 174 valence electrons. The van der Waals surface area contributed by atoms with Gasteiger partial charge in [-0.15, -0.1) is 0 Å². The average Bonchev–Trinajstić information content (AvgIpc) is 2.83. The maximum absolute atomic E-state index is 8.88. The number of phosphoric acid groups is 1. The molecule has 0 aliphatic heterocycles. The van der Waals surface area contributed by atoms with Crippen molar-refractivity contribution in [2.24, 2.45) is 0 Å². The van der Waals surface area contributed by atoms with E-state index in [4.69, 9.17) is 24.0 Å². The Hall–Kier alpha value is -2.09. The maximum atomic E-state index is 8.88. The summed E-state index contributed by atoms with van der Waals surface area (Å²) < 4.78 is 15.2. The molecule has 0 atom stereocenters. The first-order valence-electron chi connectivity index (χ1n) is 10.5. The molecule has 35 heavy (non-hydrogen) atoms. The summed E-state index contributed by atoms with van der Waals surface area (Å²) in [6.07, 6.45) is 8.38. The molecule has 0 aromatic heterocycles. The Bertz CT molecular complexity index is 1190. The Balaban J connectivity index is 0.000000656. The van der Waals surface area contributed by atoms with Crippen molar-refractivity contribution in [1.29, 1.82) is 0 Å². The minimum atomic E-state index is -4.64. The number of rotatable bonds is 6. The van der Waals surface area contributed by atoms with Gasteiger partial charge in [-0.25, -0.2) is 4.57 Å². The number of ether oxygens (including phenoxy) is 1. The van der Waals surface area contributed by atoms with Crippen molar-refractivity contribution in [3.8, 4) is 11.5 Å². The first-order chi connectivity index (χ1) is 16.4. The summed E-state index contributed by atoms with van der Waals surface area (Å²) in [5.41, 5.74) is 4.40. The van der Waals surface area contributed by atoms with Gasteiger partial charge in [0.2, 0.25) is 0 Å². The van der Waals surface area contributed by atoms with Gasteiger partial charge in [-0.3, -0.25) is 0 Å². The van der Waals surface area contributed by atoms with E-state index in [-0.39, 0.29) is 51.4 Å². The number of benzene rings is 4. The van der Waals surface area contributed by atoms with Crippen LogP contribution < -0.4 is 4.74 Å². The van der Waals surface area contributed by atoms with Crippen LogP contribution in [0.15, 0.2) is 109 Å². The van der Waals surface area contributed by atoms with E-state index in [1.807, 2.05) is 72.8 Å². The van der Waals surface area contributed by atoms with Gasteiger partial charge in [-0.2, -0.15) is 0 Å². The summed E-state index contributed by atoms with van der Waals surface area (Å²) in [5.74, 6) is 1.67. The zero-order valence-corrected chi connectivity index (χ0v) is 19.2. The molecule has 5 nitrogen and oxygen atoms in total. The molecule has 0 bridgehead atoms. The number of hydrogen-bond donors (Lipinski definition) is 3.